The zero-order chi connectivity index (χ0) is 9.84. The van der Waals surface area contributed by atoms with Crippen LogP contribution in [0.1, 0.15) is 25.0 Å². The van der Waals surface area contributed by atoms with Gasteiger partial charge in [-0.05, 0) is 36.1 Å². The topological polar surface area (TPSA) is 44.0 Å². The van der Waals surface area contributed by atoms with Gasteiger partial charge < -0.3 is 5.11 Å². The molecule has 0 saturated carbocycles. The Kier molecular flexibility index (Phi) is 2.92. The monoisotopic (exact) mass is 175 g/mol. The first-order valence-corrected chi connectivity index (χ1v) is 4.35. The fraction of sp³-hybridized carbons (Fsp3) is 0.364. The molecule has 0 aliphatic carbocycles. The quantitative estimate of drug-likeness (QED) is 0.750. The maximum atomic E-state index is 9.24. The molecule has 0 spiro atoms. The molecule has 2 heteroatoms. The lowest BCUT2D eigenvalue weighted by molar-refractivity contribution is 0.473. The molecule has 0 atom stereocenters. The second-order valence-corrected chi connectivity index (χ2v) is 3.55. The summed E-state index contributed by atoms with van der Waals surface area (Å²) in [5.41, 5.74) is 1.59. The van der Waals surface area contributed by atoms with Crippen LogP contribution in [0.5, 0.6) is 5.75 Å². The van der Waals surface area contributed by atoms with E-state index in [0.717, 1.165) is 12.0 Å². The Hall–Kier alpha value is -1.49. The van der Waals surface area contributed by atoms with E-state index in [2.05, 4.69) is 19.9 Å². The van der Waals surface area contributed by atoms with Crippen LogP contribution >= 0.6 is 0 Å². The number of nitrogens with zero attached hydrogens (tertiary/aromatic N) is 1. The molecule has 1 N–H and O–H groups in total. The van der Waals surface area contributed by atoms with Gasteiger partial charge in [0.25, 0.3) is 0 Å². The number of nitriles is 1. The fourth-order valence-electron chi connectivity index (χ4n) is 1.30. The minimum atomic E-state index is 0.231. The van der Waals surface area contributed by atoms with E-state index in [9.17, 15) is 5.11 Å². The SMILES string of the molecule is CC(C)Cc1cc(O)ccc1C#N. The first-order chi connectivity index (χ1) is 6.13. The molecule has 1 aromatic rings. The van der Waals surface area contributed by atoms with E-state index in [-0.39, 0.29) is 5.75 Å². The molecule has 2 nitrogen and oxygen atoms in total. The maximum absolute atomic E-state index is 9.24. The van der Waals surface area contributed by atoms with Gasteiger partial charge in [-0.2, -0.15) is 5.26 Å². The molecule has 0 unspecified atom stereocenters. The highest BCUT2D eigenvalue weighted by molar-refractivity contribution is 5.42. The second-order valence-electron chi connectivity index (χ2n) is 3.55. The first-order valence-electron chi connectivity index (χ1n) is 4.35. The Labute approximate surface area is 78.4 Å². The normalized spacial score (nSPS) is 10.0. The smallest absolute Gasteiger partial charge is 0.115 e. The molecule has 0 amide bonds. The third-order valence-electron chi connectivity index (χ3n) is 1.84. The van der Waals surface area contributed by atoms with Crippen molar-refractivity contribution in [2.75, 3.05) is 0 Å². The minimum Gasteiger partial charge on any atom is -0.508 e. The van der Waals surface area contributed by atoms with Gasteiger partial charge in [0.1, 0.15) is 5.75 Å². The van der Waals surface area contributed by atoms with Crippen LogP contribution in [0.15, 0.2) is 18.2 Å². The summed E-state index contributed by atoms with van der Waals surface area (Å²) in [4.78, 5) is 0. The van der Waals surface area contributed by atoms with Crippen LogP contribution in [0, 0.1) is 17.2 Å². The van der Waals surface area contributed by atoms with Crippen molar-refractivity contribution in [1.29, 1.82) is 5.26 Å². The van der Waals surface area contributed by atoms with Gasteiger partial charge in [-0.1, -0.05) is 13.8 Å². The molecule has 13 heavy (non-hydrogen) atoms. The van der Waals surface area contributed by atoms with Crippen molar-refractivity contribution in [3.05, 3.63) is 29.3 Å². The number of aromatic hydroxyl groups is 1. The van der Waals surface area contributed by atoms with Crippen LogP contribution in [-0.2, 0) is 6.42 Å². The van der Waals surface area contributed by atoms with Crippen LogP contribution in [0.25, 0.3) is 0 Å². The predicted octanol–water partition coefficient (Wildman–Crippen LogP) is 2.46. The molecule has 0 aromatic heterocycles. The number of phenols is 1. The van der Waals surface area contributed by atoms with Crippen LogP contribution < -0.4 is 0 Å². The van der Waals surface area contributed by atoms with E-state index >= 15 is 0 Å². The van der Waals surface area contributed by atoms with Crippen molar-refractivity contribution in [2.45, 2.75) is 20.3 Å². The van der Waals surface area contributed by atoms with Gasteiger partial charge in [0.15, 0.2) is 0 Å². The largest absolute Gasteiger partial charge is 0.508 e. The van der Waals surface area contributed by atoms with Crippen LogP contribution in [-0.4, -0.2) is 5.11 Å². The first kappa shape index (κ1) is 9.60. The van der Waals surface area contributed by atoms with Crippen LogP contribution in [0.4, 0.5) is 0 Å². The molecule has 0 aliphatic heterocycles. The zero-order valence-electron chi connectivity index (χ0n) is 7.91. The lowest BCUT2D eigenvalue weighted by Gasteiger charge is -2.06. The van der Waals surface area contributed by atoms with E-state index in [1.165, 1.54) is 0 Å². The van der Waals surface area contributed by atoms with Gasteiger partial charge in [0, 0.05) is 0 Å². The van der Waals surface area contributed by atoms with E-state index in [1.807, 2.05) is 0 Å². The van der Waals surface area contributed by atoms with Crippen molar-refractivity contribution >= 4 is 0 Å². The molecule has 1 rings (SSSR count). The van der Waals surface area contributed by atoms with E-state index in [1.54, 1.807) is 18.2 Å². The molecular weight excluding hydrogens is 162 g/mol. The van der Waals surface area contributed by atoms with Crippen molar-refractivity contribution in [1.82, 2.24) is 0 Å². The summed E-state index contributed by atoms with van der Waals surface area (Å²) in [5.74, 6) is 0.726. The standard InChI is InChI=1S/C11H13NO/c1-8(2)5-10-6-11(13)4-3-9(10)7-12/h3-4,6,8,13H,5H2,1-2H3. The molecule has 0 radical (unpaired) electrons. The summed E-state index contributed by atoms with van der Waals surface area (Å²) >= 11 is 0. The summed E-state index contributed by atoms with van der Waals surface area (Å²) in [6.45, 7) is 4.18. The highest BCUT2D eigenvalue weighted by Gasteiger charge is 2.04. The molecule has 0 saturated heterocycles. The highest BCUT2D eigenvalue weighted by atomic mass is 16.3. The number of benzene rings is 1. The average molecular weight is 175 g/mol. The minimum absolute atomic E-state index is 0.231. The van der Waals surface area contributed by atoms with Crippen LogP contribution in [0.3, 0.4) is 0 Å². The molecule has 1 aromatic carbocycles. The average Bonchev–Trinajstić information content (AvgIpc) is 2.03. The van der Waals surface area contributed by atoms with Crippen molar-refractivity contribution < 1.29 is 5.11 Å². The maximum Gasteiger partial charge on any atom is 0.115 e. The van der Waals surface area contributed by atoms with Gasteiger partial charge in [0.2, 0.25) is 0 Å². The summed E-state index contributed by atoms with van der Waals surface area (Å²) in [5, 5.41) is 18.0. The molecule has 68 valence electrons. The summed E-state index contributed by atoms with van der Waals surface area (Å²) in [6, 6.07) is 6.99. The van der Waals surface area contributed by atoms with E-state index in [0.29, 0.717) is 11.5 Å². The van der Waals surface area contributed by atoms with Gasteiger partial charge in [0.05, 0.1) is 11.6 Å². The Bertz CT molecular complexity index is 336. The zero-order valence-corrected chi connectivity index (χ0v) is 7.91. The second kappa shape index (κ2) is 3.95. The lowest BCUT2D eigenvalue weighted by atomic mass is 9.98. The fourth-order valence-corrected chi connectivity index (χ4v) is 1.30. The third kappa shape index (κ3) is 2.48. The summed E-state index contributed by atoms with van der Waals surface area (Å²) < 4.78 is 0. The Balaban J connectivity index is 3.03. The Morgan fingerprint density at radius 3 is 2.69 bits per heavy atom. The van der Waals surface area contributed by atoms with E-state index in [4.69, 9.17) is 5.26 Å². The predicted molar refractivity (Wildman–Crippen MR) is 51.4 cm³/mol. The highest BCUT2D eigenvalue weighted by Crippen LogP contribution is 2.18. The molecular formula is C11H13NO. The number of rotatable bonds is 2. The Morgan fingerprint density at radius 1 is 1.46 bits per heavy atom. The molecule has 0 aliphatic rings. The van der Waals surface area contributed by atoms with Gasteiger partial charge >= 0.3 is 0 Å². The lowest BCUT2D eigenvalue weighted by Crippen LogP contribution is -1.96. The van der Waals surface area contributed by atoms with Gasteiger partial charge in [-0.15, -0.1) is 0 Å². The van der Waals surface area contributed by atoms with Crippen molar-refractivity contribution in [3.63, 3.8) is 0 Å². The molecule has 0 fully saturated rings. The number of phenolic OH excluding ortho intramolecular Hbond substituents is 1. The van der Waals surface area contributed by atoms with Crippen molar-refractivity contribution in [3.8, 4) is 11.8 Å². The van der Waals surface area contributed by atoms with Crippen LogP contribution in [0.2, 0.25) is 0 Å². The third-order valence-corrected chi connectivity index (χ3v) is 1.84. The molecule has 0 bridgehead atoms. The van der Waals surface area contributed by atoms with Gasteiger partial charge in [-0.25, -0.2) is 0 Å². The van der Waals surface area contributed by atoms with Gasteiger partial charge in [-0.3, -0.25) is 0 Å². The number of hydrogen-bond acceptors (Lipinski definition) is 2. The summed E-state index contributed by atoms with van der Waals surface area (Å²) in [7, 11) is 0. The number of hydrogen-bond donors (Lipinski definition) is 1. The summed E-state index contributed by atoms with van der Waals surface area (Å²) in [6.07, 6.45) is 0.831. The molecule has 0 heterocycles. The Morgan fingerprint density at radius 2 is 2.15 bits per heavy atom. The van der Waals surface area contributed by atoms with Crippen molar-refractivity contribution in [2.24, 2.45) is 5.92 Å². The van der Waals surface area contributed by atoms with E-state index < -0.39 is 0 Å².